The van der Waals surface area contributed by atoms with Crippen molar-refractivity contribution in [2.24, 2.45) is 0 Å². The first-order valence-corrected chi connectivity index (χ1v) is 7.41. The maximum absolute atomic E-state index is 12.1. The Balaban J connectivity index is 0.00000156. The average Bonchev–Trinajstić information content (AvgIpc) is 2.97. The molecule has 3 N–H and O–H groups in total. The SMILES string of the molecule is Cl.Nc1cccc2c1CCCN2Cc1cc(=O)n2[nH]ccc2n1. The van der Waals surface area contributed by atoms with Crippen LogP contribution in [0.1, 0.15) is 17.7 Å². The van der Waals surface area contributed by atoms with Crippen LogP contribution in [0.4, 0.5) is 11.4 Å². The maximum atomic E-state index is 12.1. The molecule has 0 unspecified atom stereocenters. The molecule has 2 aromatic heterocycles. The summed E-state index contributed by atoms with van der Waals surface area (Å²) in [7, 11) is 0. The standard InChI is InChI=1S/C16H17N5O.ClH/c17-13-4-1-5-14-12(13)3-2-8-20(14)10-11-9-16(22)21-15(19-11)6-7-18-21;/h1,4-7,9,18H,2-3,8,10,17H2;1H. The van der Waals surface area contributed by atoms with Gasteiger partial charge < -0.3 is 10.6 Å². The van der Waals surface area contributed by atoms with Gasteiger partial charge in [-0.1, -0.05) is 6.07 Å². The molecule has 1 aliphatic heterocycles. The van der Waals surface area contributed by atoms with Gasteiger partial charge in [0.1, 0.15) is 0 Å². The number of fused-ring (bicyclic) bond motifs is 2. The van der Waals surface area contributed by atoms with E-state index in [1.165, 1.54) is 10.1 Å². The molecular formula is C16H18ClN5O. The largest absolute Gasteiger partial charge is 0.398 e. The van der Waals surface area contributed by atoms with Crippen molar-refractivity contribution in [1.82, 2.24) is 14.6 Å². The second-order valence-corrected chi connectivity index (χ2v) is 5.61. The molecule has 120 valence electrons. The van der Waals surface area contributed by atoms with Gasteiger partial charge in [-0.25, -0.2) is 9.50 Å². The summed E-state index contributed by atoms with van der Waals surface area (Å²) in [6, 6.07) is 9.40. The van der Waals surface area contributed by atoms with Crippen molar-refractivity contribution in [2.75, 3.05) is 17.2 Å². The molecule has 3 aromatic rings. The number of rotatable bonds is 2. The topological polar surface area (TPSA) is 79.4 Å². The third-order valence-corrected chi connectivity index (χ3v) is 4.17. The molecule has 7 heteroatoms. The number of nitrogens with two attached hydrogens (primary N) is 1. The minimum atomic E-state index is -0.0881. The molecule has 0 aliphatic carbocycles. The van der Waals surface area contributed by atoms with E-state index in [1.807, 2.05) is 12.1 Å². The van der Waals surface area contributed by atoms with Crippen LogP contribution in [0.15, 0.2) is 41.3 Å². The number of nitrogen functional groups attached to an aromatic ring is 1. The zero-order valence-electron chi connectivity index (χ0n) is 12.5. The number of aromatic amines is 1. The molecule has 3 heterocycles. The second kappa shape index (κ2) is 5.96. The van der Waals surface area contributed by atoms with Gasteiger partial charge in [-0.3, -0.25) is 9.89 Å². The van der Waals surface area contributed by atoms with E-state index in [4.69, 9.17) is 5.73 Å². The first-order chi connectivity index (χ1) is 10.7. The van der Waals surface area contributed by atoms with Gasteiger partial charge in [0.25, 0.3) is 5.56 Å². The third kappa shape index (κ3) is 2.66. The second-order valence-electron chi connectivity index (χ2n) is 5.61. The van der Waals surface area contributed by atoms with Gasteiger partial charge in [0.05, 0.1) is 12.2 Å². The van der Waals surface area contributed by atoms with E-state index in [0.717, 1.165) is 36.5 Å². The van der Waals surface area contributed by atoms with Crippen LogP contribution < -0.4 is 16.2 Å². The van der Waals surface area contributed by atoms with Crippen LogP contribution in [0, 0.1) is 0 Å². The molecule has 0 radical (unpaired) electrons. The Morgan fingerprint density at radius 3 is 3.04 bits per heavy atom. The van der Waals surface area contributed by atoms with Crippen LogP contribution in [-0.2, 0) is 13.0 Å². The zero-order valence-corrected chi connectivity index (χ0v) is 13.3. The summed E-state index contributed by atoms with van der Waals surface area (Å²) >= 11 is 0. The lowest BCUT2D eigenvalue weighted by molar-refractivity contribution is 0.683. The van der Waals surface area contributed by atoms with E-state index >= 15 is 0 Å². The number of hydrogen-bond donors (Lipinski definition) is 2. The number of nitrogens with one attached hydrogen (secondary N) is 1. The highest BCUT2D eigenvalue weighted by atomic mass is 35.5. The summed E-state index contributed by atoms with van der Waals surface area (Å²) in [6.45, 7) is 1.57. The molecule has 6 nitrogen and oxygen atoms in total. The zero-order chi connectivity index (χ0) is 15.1. The van der Waals surface area contributed by atoms with E-state index in [2.05, 4.69) is 21.0 Å². The highest BCUT2D eigenvalue weighted by Gasteiger charge is 2.19. The number of nitrogens with zero attached hydrogens (tertiary/aromatic N) is 3. The number of anilines is 2. The Morgan fingerprint density at radius 1 is 1.30 bits per heavy atom. The van der Waals surface area contributed by atoms with E-state index in [0.29, 0.717) is 12.2 Å². The molecule has 1 aromatic carbocycles. The summed E-state index contributed by atoms with van der Waals surface area (Å²) in [4.78, 5) is 18.8. The molecular weight excluding hydrogens is 314 g/mol. The highest BCUT2D eigenvalue weighted by Crippen LogP contribution is 2.31. The van der Waals surface area contributed by atoms with Crippen molar-refractivity contribution in [3.05, 3.63) is 58.1 Å². The summed E-state index contributed by atoms with van der Waals surface area (Å²) in [5.74, 6) is 0. The summed E-state index contributed by atoms with van der Waals surface area (Å²) < 4.78 is 1.44. The van der Waals surface area contributed by atoms with Crippen molar-refractivity contribution >= 4 is 29.4 Å². The molecule has 0 bridgehead atoms. The van der Waals surface area contributed by atoms with E-state index in [1.54, 1.807) is 18.3 Å². The number of H-pyrrole nitrogens is 1. The monoisotopic (exact) mass is 331 g/mol. The Morgan fingerprint density at radius 2 is 2.17 bits per heavy atom. The fraction of sp³-hybridized carbons (Fsp3) is 0.250. The predicted molar refractivity (Wildman–Crippen MR) is 93.3 cm³/mol. The van der Waals surface area contributed by atoms with Crippen LogP contribution >= 0.6 is 12.4 Å². The van der Waals surface area contributed by atoms with Gasteiger partial charge in [0.15, 0.2) is 5.65 Å². The third-order valence-electron chi connectivity index (χ3n) is 4.17. The van der Waals surface area contributed by atoms with Crippen LogP contribution in [0.25, 0.3) is 5.65 Å². The first kappa shape index (κ1) is 15.4. The van der Waals surface area contributed by atoms with Crippen molar-refractivity contribution in [2.45, 2.75) is 19.4 Å². The number of benzene rings is 1. The minimum absolute atomic E-state index is 0. The van der Waals surface area contributed by atoms with Crippen molar-refractivity contribution in [1.29, 1.82) is 0 Å². The Bertz CT molecular complexity index is 901. The van der Waals surface area contributed by atoms with Crippen molar-refractivity contribution in [3.63, 3.8) is 0 Å². The normalized spacial score (nSPS) is 13.7. The van der Waals surface area contributed by atoms with Crippen LogP contribution in [0.5, 0.6) is 0 Å². The van der Waals surface area contributed by atoms with Gasteiger partial charge in [0, 0.05) is 36.2 Å². The van der Waals surface area contributed by atoms with Crippen LogP contribution in [0.3, 0.4) is 0 Å². The summed E-state index contributed by atoms with van der Waals surface area (Å²) in [5.41, 5.74) is 10.6. The molecule has 23 heavy (non-hydrogen) atoms. The lowest BCUT2D eigenvalue weighted by Gasteiger charge is -2.31. The lowest BCUT2D eigenvalue weighted by Crippen LogP contribution is -2.30. The van der Waals surface area contributed by atoms with Crippen molar-refractivity contribution in [3.8, 4) is 0 Å². The van der Waals surface area contributed by atoms with E-state index in [-0.39, 0.29) is 18.0 Å². The van der Waals surface area contributed by atoms with Crippen LogP contribution in [-0.4, -0.2) is 21.1 Å². The number of aromatic nitrogens is 3. The van der Waals surface area contributed by atoms with Gasteiger partial charge >= 0.3 is 0 Å². The highest BCUT2D eigenvalue weighted by molar-refractivity contribution is 5.85. The number of hydrogen-bond acceptors (Lipinski definition) is 4. The molecule has 0 amide bonds. The van der Waals surface area contributed by atoms with E-state index in [9.17, 15) is 4.79 Å². The van der Waals surface area contributed by atoms with Gasteiger partial charge in [-0.15, -0.1) is 12.4 Å². The molecule has 1 aliphatic rings. The van der Waals surface area contributed by atoms with Crippen molar-refractivity contribution < 1.29 is 0 Å². The molecule has 0 fully saturated rings. The Labute approximate surface area is 139 Å². The Hall–Kier alpha value is -2.47. The van der Waals surface area contributed by atoms with Gasteiger partial charge in [0.2, 0.25) is 0 Å². The first-order valence-electron chi connectivity index (χ1n) is 7.41. The summed E-state index contributed by atoms with van der Waals surface area (Å²) in [5, 5.41) is 2.85. The minimum Gasteiger partial charge on any atom is -0.398 e. The Kier molecular flexibility index (Phi) is 4.00. The molecule has 0 atom stereocenters. The average molecular weight is 332 g/mol. The van der Waals surface area contributed by atoms with Crippen LogP contribution in [0.2, 0.25) is 0 Å². The smallest absolute Gasteiger partial charge is 0.272 e. The molecule has 4 rings (SSSR count). The fourth-order valence-corrected chi connectivity index (χ4v) is 3.15. The lowest BCUT2D eigenvalue weighted by atomic mass is 10.00. The maximum Gasteiger partial charge on any atom is 0.272 e. The fourth-order valence-electron chi connectivity index (χ4n) is 3.15. The molecule has 0 saturated heterocycles. The molecule has 0 spiro atoms. The van der Waals surface area contributed by atoms with E-state index < -0.39 is 0 Å². The summed E-state index contributed by atoms with van der Waals surface area (Å²) in [6.07, 6.45) is 3.78. The quantitative estimate of drug-likeness (QED) is 0.704. The number of halogens is 1. The predicted octanol–water partition coefficient (Wildman–Crippen LogP) is 1.98. The molecule has 0 saturated carbocycles. The van der Waals surface area contributed by atoms with Gasteiger partial charge in [-0.05, 0) is 30.5 Å². The van der Waals surface area contributed by atoms with Gasteiger partial charge in [-0.2, -0.15) is 0 Å².